The van der Waals surface area contributed by atoms with E-state index in [0.717, 1.165) is 18.8 Å². The summed E-state index contributed by atoms with van der Waals surface area (Å²) >= 11 is 0. The molecular formula is C17H32O2. The van der Waals surface area contributed by atoms with Crippen molar-refractivity contribution in [3.8, 4) is 0 Å². The number of carbonyl (C=O) groups excluding carboxylic acids is 1. The average Bonchev–Trinajstić information content (AvgIpc) is 3.22. The second-order valence-corrected chi connectivity index (χ2v) is 6.03. The largest absolute Gasteiger partial charge is 0.466 e. The van der Waals surface area contributed by atoms with Crippen LogP contribution >= 0.6 is 0 Å². The van der Waals surface area contributed by atoms with Crippen LogP contribution in [0.25, 0.3) is 0 Å². The molecule has 2 heteroatoms. The minimum Gasteiger partial charge on any atom is -0.466 e. The Hall–Kier alpha value is -0.530. The van der Waals surface area contributed by atoms with Crippen molar-refractivity contribution in [2.75, 3.05) is 6.61 Å². The highest BCUT2D eigenvalue weighted by Gasteiger charge is 2.19. The molecule has 1 fully saturated rings. The van der Waals surface area contributed by atoms with E-state index in [-0.39, 0.29) is 5.97 Å². The lowest BCUT2D eigenvalue weighted by Gasteiger charge is -2.03. The fourth-order valence-electron chi connectivity index (χ4n) is 2.46. The maximum Gasteiger partial charge on any atom is 0.305 e. The van der Waals surface area contributed by atoms with Gasteiger partial charge >= 0.3 is 5.97 Å². The van der Waals surface area contributed by atoms with E-state index >= 15 is 0 Å². The van der Waals surface area contributed by atoms with E-state index in [1.54, 1.807) is 0 Å². The van der Waals surface area contributed by atoms with E-state index in [1.165, 1.54) is 64.2 Å². The summed E-state index contributed by atoms with van der Waals surface area (Å²) < 4.78 is 5.05. The molecule has 19 heavy (non-hydrogen) atoms. The fraction of sp³-hybridized carbons (Fsp3) is 0.941. The number of hydrogen-bond acceptors (Lipinski definition) is 2. The number of esters is 1. The lowest BCUT2D eigenvalue weighted by Crippen LogP contribution is -2.04. The van der Waals surface area contributed by atoms with Gasteiger partial charge < -0.3 is 4.74 Å². The predicted molar refractivity (Wildman–Crippen MR) is 80.1 cm³/mol. The summed E-state index contributed by atoms with van der Waals surface area (Å²) in [6.07, 6.45) is 16.5. The second kappa shape index (κ2) is 11.3. The Morgan fingerprint density at radius 2 is 1.53 bits per heavy atom. The third-order valence-corrected chi connectivity index (χ3v) is 3.91. The van der Waals surface area contributed by atoms with E-state index in [4.69, 9.17) is 4.74 Å². The van der Waals surface area contributed by atoms with Gasteiger partial charge in [0.25, 0.3) is 0 Å². The Bertz CT molecular complexity index is 221. The molecule has 0 unspecified atom stereocenters. The van der Waals surface area contributed by atoms with Crippen LogP contribution in [0.5, 0.6) is 0 Å². The predicted octanol–water partition coefficient (Wildman–Crippen LogP) is 5.25. The first kappa shape index (κ1) is 16.5. The van der Waals surface area contributed by atoms with Gasteiger partial charge in [-0.25, -0.2) is 0 Å². The highest BCUT2D eigenvalue weighted by molar-refractivity contribution is 5.69. The van der Waals surface area contributed by atoms with Crippen molar-refractivity contribution in [1.82, 2.24) is 0 Å². The second-order valence-electron chi connectivity index (χ2n) is 6.03. The van der Waals surface area contributed by atoms with Crippen LogP contribution in [-0.2, 0) is 9.53 Å². The summed E-state index contributed by atoms with van der Waals surface area (Å²) in [4.78, 5) is 11.2. The van der Waals surface area contributed by atoms with Crippen LogP contribution in [-0.4, -0.2) is 12.6 Å². The molecule has 0 saturated heterocycles. The fourth-order valence-corrected chi connectivity index (χ4v) is 2.46. The van der Waals surface area contributed by atoms with Gasteiger partial charge in [0.1, 0.15) is 0 Å². The molecule has 1 aliphatic rings. The van der Waals surface area contributed by atoms with Crippen LogP contribution in [0.3, 0.4) is 0 Å². The van der Waals surface area contributed by atoms with Gasteiger partial charge in [0, 0.05) is 6.42 Å². The van der Waals surface area contributed by atoms with E-state index in [9.17, 15) is 4.79 Å². The Morgan fingerprint density at radius 3 is 2.11 bits per heavy atom. The van der Waals surface area contributed by atoms with Crippen molar-refractivity contribution in [2.24, 2.45) is 5.92 Å². The number of ether oxygens (including phenoxy) is 1. The van der Waals surface area contributed by atoms with E-state index < -0.39 is 0 Å². The first-order valence-corrected chi connectivity index (χ1v) is 8.48. The molecule has 0 aliphatic heterocycles. The van der Waals surface area contributed by atoms with Gasteiger partial charge in [-0.05, 0) is 18.8 Å². The first-order valence-electron chi connectivity index (χ1n) is 8.48. The van der Waals surface area contributed by atoms with E-state index in [2.05, 4.69) is 0 Å². The summed E-state index contributed by atoms with van der Waals surface area (Å²) in [7, 11) is 0. The molecule has 0 aromatic heterocycles. The summed E-state index contributed by atoms with van der Waals surface area (Å²) in [6.45, 7) is 2.61. The van der Waals surface area contributed by atoms with Gasteiger partial charge in [-0.15, -0.1) is 0 Å². The molecule has 0 atom stereocenters. The monoisotopic (exact) mass is 268 g/mol. The molecule has 0 aromatic rings. The van der Waals surface area contributed by atoms with Crippen LogP contribution in [0.15, 0.2) is 0 Å². The highest BCUT2D eigenvalue weighted by Crippen LogP contribution is 2.34. The molecule has 1 saturated carbocycles. The molecule has 1 aliphatic carbocycles. The lowest BCUT2D eigenvalue weighted by atomic mass is 10.1. The van der Waals surface area contributed by atoms with Crippen molar-refractivity contribution in [3.63, 3.8) is 0 Å². The number of carbonyl (C=O) groups is 1. The summed E-state index contributed by atoms with van der Waals surface area (Å²) in [5.74, 6) is 1.09. The van der Waals surface area contributed by atoms with Crippen LogP contribution in [0, 0.1) is 5.92 Å². The van der Waals surface area contributed by atoms with Crippen LogP contribution in [0.2, 0.25) is 0 Å². The van der Waals surface area contributed by atoms with E-state index in [1.807, 2.05) is 6.92 Å². The van der Waals surface area contributed by atoms with Gasteiger partial charge in [-0.1, -0.05) is 71.1 Å². The van der Waals surface area contributed by atoms with Crippen molar-refractivity contribution in [1.29, 1.82) is 0 Å². The zero-order valence-corrected chi connectivity index (χ0v) is 12.8. The summed E-state index contributed by atoms with van der Waals surface area (Å²) in [5.41, 5.74) is 0. The third-order valence-electron chi connectivity index (χ3n) is 3.91. The molecule has 0 spiro atoms. The number of unbranched alkanes of at least 4 members (excludes halogenated alkanes) is 7. The van der Waals surface area contributed by atoms with Gasteiger partial charge in [0.05, 0.1) is 6.61 Å². The molecule has 0 N–H and O–H groups in total. The van der Waals surface area contributed by atoms with Crippen molar-refractivity contribution >= 4 is 5.97 Å². The Kier molecular flexibility index (Phi) is 9.84. The average molecular weight is 268 g/mol. The molecule has 2 nitrogen and oxygen atoms in total. The molecule has 0 amide bonds. The topological polar surface area (TPSA) is 26.3 Å². The minimum atomic E-state index is -0.0121. The third kappa shape index (κ3) is 11.0. The lowest BCUT2D eigenvalue weighted by molar-refractivity contribution is -0.143. The molecule has 0 radical (unpaired) electrons. The van der Waals surface area contributed by atoms with Crippen molar-refractivity contribution < 1.29 is 9.53 Å². The van der Waals surface area contributed by atoms with Gasteiger partial charge in [0.15, 0.2) is 0 Å². The molecule has 1 rings (SSSR count). The van der Waals surface area contributed by atoms with Crippen LogP contribution < -0.4 is 0 Å². The Labute approximate surface area is 119 Å². The number of rotatable bonds is 13. The van der Waals surface area contributed by atoms with E-state index in [0.29, 0.717) is 13.0 Å². The van der Waals surface area contributed by atoms with Crippen molar-refractivity contribution in [3.05, 3.63) is 0 Å². The molecule has 0 bridgehead atoms. The smallest absolute Gasteiger partial charge is 0.305 e. The molecule has 112 valence electrons. The van der Waals surface area contributed by atoms with Crippen molar-refractivity contribution in [2.45, 2.75) is 90.4 Å². The maximum absolute atomic E-state index is 11.2. The van der Waals surface area contributed by atoms with Gasteiger partial charge in [-0.3, -0.25) is 4.79 Å². The molecule has 0 aromatic carbocycles. The molecular weight excluding hydrogens is 236 g/mol. The standard InChI is InChI=1S/C17H32O2/c1-2-15-19-17(18)12-10-8-6-4-3-5-7-9-11-16-13-14-16/h16H,2-15H2,1H3. The Balaban J connectivity index is 1.69. The zero-order valence-electron chi connectivity index (χ0n) is 12.8. The van der Waals surface area contributed by atoms with Gasteiger partial charge in [0.2, 0.25) is 0 Å². The van der Waals surface area contributed by atoms with Crippen LogP contribution in [0.1, 0.15) is 90.4 Å². The summed E-state index contributed by atoms with van der Waals surface area (Å²) in [6, 6.07) is 0. The van der Waals surface area contributed by atoms with Crippen LogP contribution in [0.4, 0.5) is 0 Å². The quantitative estimate of drug-likeness (QED) is 0.337. The number of hydrogen-bond donors (Lipinski definition) is 0. The maximum atomic E-state index is 11.2. The van der Waals surface area contributed by atoms with Gasteiger partial charge in [-0.2, -0.15) is 0 Å². The first-order chi connectivity index (χ1) is 9.33. The summed E-state index contributed by atoms with van der Waals surface area (Å²) in [5, 5.41) is 0. The SMILES string of the molecule is CCCOC(=O)CCCCCCCCCCC1CC1. The highest BCUT2D eigenvalue weighted by atomic mass is 16.5. The zero-order chi connectivity index (χ0) is 13.8. The molecule has 0 heterocycles. The minimum absolute atomic E-state index is 0.0121. The Morgan fingerprint density at radius 1 is 0.947 bits per heavy atom. The normalized spacial score (nSPS) is 14.6.